The Labute approximate surface area is 214 Å². The summed E-state index contributed by atoms with van der Waals surface area (Å²) < 4.78 is 0.883. The maximum absolute atomic E-state index is 12.9. The molecule has 1 saturated heterocycles. The van der Waals surface area contributed by atoms with Gasteiger partial charge in [-0.3, -0.25) is 9.59 Å². The van der Waals surface area contributed by atoms with Crippen molar-refractivity contribution in [3.63, 3.8) is 0 Å². The van der Waals surface area contributed by atoms with Crippen LogP contribution >= 0.6 is 15.9 Å². The molecule has 2 aromatic rings. The molecule has 182 valence electrons. The Morgan fingerprint density at radius 3 is 2.54 bits per heavy atom. The Hall–Kier alpha value is -3.39. The molecule has 0 radical (unpaired) electrons. The van der Waals surface area contributed by atoms with Crippen molar-refractivity contribution >= 4 is 56.8 Å². The minimum Gasteiger partial charge on any atom is -0.362 e. The summed E-state index contributed by atoms with van der Waals surface area (Å²) in [4.78, 5) is 41.1. The molecule has 0 aliphatic carbocycles. The van der Waals surface area contributed by atoms with Crippen molar-refractivity contribution in [3.8, 4) is 0 Å². The number of nitrogens with one attached hydrogen (secondary N) is 2. The molecule has 2 aliphatic rings. The third-order valence-corrected chi connectivity index (χ3v) is 6.68. The highest BCUT2D eigenvalue weighted by molar-refractivity contribution is 9.10. The monoisotopic (exact) mass is 536 g/mol. The summed E-state index contributed by atoms with van der Waals surface area (Å²) in [7, 11) is 0. The van der Waals surface area contributed by atoms with Gasteiger partial charge in [0.05, 0.1) is 5.54 Å². The fraction of sp³-hybridized carbons (Fsp3) is 0.296. The first kappa shape index (κ1) is 24.7. The standard InChI is InChI=1S/C27H29BrN4O3/c1-5-12-32-23-11-6-18(13-21(23)17(2)15-27(32,3)4)14-22-25(34)31(26(35)30-22)16-24(33)29-20-9-7-19(28)8-10-20/h6-11,13-15H,5,12,16H2,1-4H3,(H,29,33)(H,30,35)/b22-14+. The molecule has 4 rings (SSSR count). The summed E-state index contributed by atoms with van der Waals surface area (Å²) in [6, 6.07) is 12.5. The van der Waals surface area contributed by atoms with E-state index < -0.39 is 17.8 Å². The molecule has 0 bridgehead atoms. The number of fused-ring (bicyclic) bond motifs is 1. The number of rotatable bonds is 6. The summed E-state index contributed by atoms with van der Waals surface area (Å²) in [6.07, 6.45) is 4.95. The predicted molar refractivity (Wildman–Crippen MR) is 143 cm³/mol. The molecule has 8 heteroatoms. The topological polar surface area (TPSA) is 81.8 Å². The molecule has 4 amide bonds. The lowest BCUT2D eigenvalue weighted by Gasteiger charge is -2.43. The Morgan fingerprint density at radius 1 is 1.14 bits per heavy atom. The second-order valence-corrected chi connectivity index (χ2v) is 10.3. The van der Waals surface area contributed by atoms with Crippen molar-refractivity contribution in [2.24, 2.45) is 0 Å². The van der Waals surface area contributed by atoms with E-state index in [1.54, 1.807) is 30.3 Å². The Morgan fingerprint density at radius 2 is 1.86 bits per heavy atom. The highest BCUT2D eigenvalue weighted by Gasteiger charge is 2.35. The average Bonchev–Trinajstić information content (AvgIpc) is 3.05. The van der Waals surface area contributed by atoms with Gasteiger partial charge < -0.3 is 15.5 Å². The minimum atomic E-state index is -0.614. The van der Waals surface area contributed by atoms with E-state index >= 15 is 0 Å². The summed E-state index contributed by atoms with van der Waals surface area (Å²) >= 11 is 3.34. The number of halogens is 1. The maximum Gasteiger partial charge on any atom is 0.329 e. The number of amides is 4. The Kier molecular flexibility index (Phi) is 6.85. The first-order valence-electron chi connectivity index (χ1n) is 11.6. The SMILES string of the molecule is CCCN1c2ccc(/C=C3/NC(=O)N(CC(=O)Nc4ccc(Br)cc4)C3=O)cc2C(C)=CC1(C)C. The zero-order chi connectivity index (χ0) is 25.3. The van der Waals surface area contributed by atoms with Crippen LogP contribution in [0.3, 0.4) is 0 Å². The van der Waals surface area contributed by atoms with E-state index in [0.29, 0.717) is 5.69 Å². The predicted octanol–water partition coefficient (Wildman–Crippen LogP) is 5.39. The molecule has 35 heavy (non-hydrogen) atoms. The van der Waals surface area contributed by atoms with Crippen LogP contribution in [-0.4, -0.2) is 41.4 Å². The second-order valence-electron chi connectivity index (χ2n) is 9.34. The van der Waals surface area contributed by atoms with Gasteiger partial charge in [0, 0.05) is 28.0 Å². The van der Waals surface area contributed by atoms with Crippen LogP contribution in [0.2, 0.25) is 0 Å². The first-order chi connectivity index (χ1) is 16.6. The number of allylic oxidation sites excluding steroid dienone is 1. The van der Waals surface area contributed by atoms with Crippen LogP contribution in [0.4, 0.5) is 16.2 Å². The molecule has 7 nitrogen and oxygen atoms in total. The molecular formula is C27H29BrN4O3. The molecule has 2 aliphatic heterocycles. The van der Waals surface area contributed by atoms with Gasteiger partial charge in [-0.2, -0.15) is 0 Å². The molecule has 1 fully saturated rings. The van der Waals surface area contributed by atoms with Crippen molar-refractivity contribution < 1.29 is 14.4 Å². The number of anilines is 2. The highest BCUT2D eigenvalue weighted by Crippen LogP contribution is 2.39. The maximum atomic E-state index is 12.9. The van der Waals surface area contributed by atoms with Gasteiger partial charge in [0.1, 0.15) is 12.2 Å². The van der Waals surface area contributed by atoms with E-state index in [2.05, 4.69) is 71.3 Å². The molecule has 0 spiro atoms. The second kappa shape index (κ2) is 9.70. The van der Waals surface area contributed by atoms with Crippen LogP contribution in [0.1, 0.15) is 45.2 Å². The molecule has 0 atom stereocenters. The van der Waals surface area contributed by atoms with Crippen LogP contribution in [0, 0.1) is 0 Å². The Bertz CT molecular complexity index is 1250. The molecular weight excluding hydrogens is 508 g/mol. The molecule has 2 heterocycles. The quantitative estimate of drug-likeness (QED) is 0.383. The van der Waals surface area contributed by atoms with Crippen molar-refractivity contribution in [2.75, 3.05) is 23.3 Å². The third kappa shape index (κ3) is 5.17. The third-order valence-electron chi connectivity index (χ3n) is 6.15. The number of nitrogens with zero attached hydrogens (tertiary/aromatic N) is 2. The summed E-state index contributed by atoms with van der Waals surface area (Å²) in [5.74, 6) is -0.982. The van der Waals surface area contributed by atoms with Crippen molar-refractivity contribution in [3.05, 3.63) is 69.8 Å². The zero-order valence-corrected chi connectivity index (χ0v) is 21.9. The van der Waals surface area contributed by atoms with E-state index in [9.17, 15) is 14.4 Å². The van der Waals surface area contributed by atoms with Gasteiger partial charge in [0.25, 0.3) is 5.91 Å². The van der Waals surface area contributed by atoms with Crippen molar-refractivity contribution in [2.45, 2.75) is 39.7 Å². The van der Waals surface area contributed by atoms with E-state index in [0.717, 1.165) is 39.2 Å². The van der Waals surface area contributed by atoms with Crippen LogP contribution in [-0.2, 0) is 9.59 Å². The van der Waals surface area contributed by atoms with Gasteiger partial charge in [-0.25, -0.2) is 9.69 Å². The van der Waals surface area contributed by atoms with Crippen LogP contribution < -0.4 is 15.5 Å². The number of benzene rings is 2. The summed E-state index contributed by atoms with van der Waals surface area (Å²) in [5.41, 5.74) is 4.89. The smallest absolute Gasteiger partial charge is 0.329 e. The Balaban J connectivity index is 1.52. The molecule has 0 unspecified atom stereocenters. The van der Waals surface area contributed by atoms with Crippen LogP contribution in [0.5, 0.6) is 0 Å². The van der Waals surface area contributed by atoms with Gasteiger partial charge >= 0.3 is 6.03 Å². The average molecular weight is 537 g/mol. The number of imide groups is 1. The van der Waals surface area contributed by atoms with E-state index in [1.165, 1.54) is 5.57 Å². The van der Waals surface area contributed by atoms with Gasteiger partial charge in [0.2, 0.25) is 5.91 Å². The molecule has 2 N–H and O–H groups in total. The number of carbonyl (C=O) groups excluding carboxylic acids is 3. The number of carbonyl (C=O) groups is 3. The molecule has 2 aromatic carbocycles. The minimum absolute atomic E-state index is 0.0835. The molecule has 0 saturated carbocycles. The van der Waals surface area contributed by atoms with E-state index in [-0.39, 0.29) is 17.8 Å². The molecule has 0 aromatic heterocycles. The van der Waals surface area contributed by atoms with Gasteiger partial charge in [-0.1, -0.05) is 35.0 Å². The van der Waals surface area contributed by atoms with Gasteiger partial charge in [-0.05, 0) is 80.8 Å². The summed E-state index contributed by atoms with van der Waals surface area (Å²) in [5, 5.41) is 5.30. The lowest BCUT2D eigenvalue weighted by molar-refractivity contribution is -0.127. The lowest BCUT2D eigenvalue weighted by atomic mass is 9.87. The number of hydrogen-bond donors (Lipinski definition) is 2. The largest absolute Gasteiger partial charge is 0.362 e. The van der Waals surface area contributed by atoms with Crippen molar-refractivity contribution in [1.29, 1.82) is 0 Å². The summed E-state index contributed by atoms with van der Waals surface area (Å²) in [6.45, 7) is 9.24. The first-order valence-corrected chi connectivity index (χ1v) is 12.4. The zero-order valence-electron chi connectivity index (χ0n) is 20.3. The number of urea groups is 1. The van der Waals surface area contributed by atoms with E-state index in [4.69, 9.17) is 0 Å². The van der Waals surface area contributed by atoms with Crippen molar-refractivity contribution in [1.82, 2.24) is 10.2 Å². The highest BCUT2D eigenvalue weighted by atomic mass is 79.9. The van der Waals surface area contributed by atoms with Gasteiger partial charge in [0.15, 0.2) is 0 Å². The lowest BCUT2D eigenvalue weighted by Crippen LogP contribution is -2.45. The van der Waals surface area contributed by atoms with E-state index in [1.807, 2.05) is 12.1 Å². The fourth-order valence-corrected chi connectivity index (χ4v) is 4.85. The normalized spacial score (nSPS) is 17.9. The fourth-order valence-electron chi connectivity index (χ4n) is 4.58. The van der Waals surface area contributed by atoms with Gasteiger partial charge in [-0.15, -0.1) is 0 Å². The van der Waals surface area contributed by atoms with Crippen LogP contribution in [0.25, 0.3) is 11.6 Å². The van der Waals surface area contributed by atoms with Crippen LogP contribution in [0.15, 0.2) is 58.7 Å². The number of hydrogen-bond acceptors (Lipinski definition) is 4.